The van der Waals surface area contributed by atoms with Gasteiger partial charge >= 0.3 is 0 Å². The molecule has 0 radical (unpaired) electrons. The van der Waals surface area contributed by atoms with Crippen LogP contribution in [0.1, 0.15) is 80.6 Å². The van der Waals surface area contributed by atoms with Gasteiger partial charge in [0.25, 0.3) is 0 Å². The van der Waals surface area contributed by atoms with Gasteiger partial charge in [0.15, 0.2) is 0 Å². The Kier molecular flexibility index (Phi) is 5.20. The van der Waals surface area contributed by atoms with Crippen LogP contribution in [-0.2, 0) is 0 Å². The van der Waals surface area contributed by atoms with Gasteiger partial charge in [-0.15, -0.1) is 0 Å². The topological polar surface area (TPSA) is 0 Å². The molecule has 23 heavy (non-hydrogen) atoms. The molecule has 3 aliphatic carbocycles. The van der Waals surface area contributed by atoms with E-state index in [0.29, 0.717) is 0 Å². The first-order valence-corrected chi connectivity index (χ1v) is 10.9. The van der Waals surface area contributed by atoms with Gasteiger partial charge in [0.05, 0.1) is 0 Å². The van der Waals surface area contributed by atoms with Crippen LogP contribution in [0.2, 0.25) is 0 Å². The Hall–Kier alpha value is 0. The Morgan fingerprint density at radius 2 is 1.26 bits per heavy atom. The second-order valence-corrected chi connectivity index (χ2v) is 10.1. The van der Waals surface area contributed by atoms with Crippen LogP contribution in [-0.4, -0.2) is 0 Å². The standard InChI is InChI=1S/C23H42/c1-8-18-10-13(3)20(18)11-14(4)23-17(7)21(23)12-15(5)22-16(6)19(22)9-2/h13-23H,8-12H2,1-7H3. The van der Waals surface area contributed by atoms with Gasteiger partial charge in [-0.1, -0.05) is 61.3 Å². The first-order valence-electron chi connectivity index (χ1n) is 10.9. The van der Waals surface area contributed by atoms with Crippen molar-refractivity contribution in [2.75, 3.05) is 0 Å². The van der Waals surface area contributed by atoms with Crippen molar-refractivity contribution in [3.8, 4) is 0 Å². The minimum atomic E-state index is 0.975. The quantitative estimate of drug-likeness (QED) is 0.457. The van der Waals surface area contributed by atoms with E-state index in [2.05, 4.69) is 48.5 Å². The lowest BCUT2D eigenvalue weighted by Crippen LogP contribution is -2.36. The minimum absolute atomic E-state index is 0.975. The summed E-state index contributed by atoms with van der Waals surface area (Å²) in [6.45, 7) is 17.5. The predicted molar refractivity (Wildman–Crippen MR) is 101 cm³/mol. The van der Waals surface area contributed by atoms with Gasteiger partial charge in [-0.3, -0.25) is 0 Å². The zero-order chi connectivity index (χ0) is 16.9. The first kappa shape index (κ1) is 17.8. The van der Waals surface area contributed by atoms with Crippen LogP contribution in [0.25, 0.3) is 0 Å². The third kappa shape index (κ3) is 3.25. The Morgan fingerprint density at radius 3 is 1.74 bits per heavy atom. The Balaban J connectivity index is 1.46. The van der Waals surface area contributed by atoms with Crippen LogP contribution in [0.15, 0.2) is 0 Å². The van der Waals surface area contributed by atoms with Crippen LogP contribution >= 0.6 is 0 Å². The lowest BCUT2D eigenvalue weighted by molar-refractivity contribution is 0.0555. The van der Waals surface area contributed by atoms with Crippen molar-refractivity contribution < 1.29 is 0 Å². The molecule has 0 saturated heterocycles. The molecule has 11 atom stereocenters. The highest BCUT2D eigenvalue weighted by Crippen LogP contribution is 2.61. The summed E-state index contributed by atoms with van der Waals surface area (Å²) in [7, 11) is 0. The lowest BCUT2D eigenvalue weighted by atomic mass is 9.61. The number of rotatable bonds is 8. The summed E-state index contributed by atoms with van der Waals surface area (Å²) in [6.07, 6.45) is 7.39. The number of hydrogen-bond acceptors (Lipinski definition) is 0. The molecular formula is C23H42. The van der Waals surface area contributed by atoms with Crippen LogP contribution in [0.3, 0.4) is 0 Å². The lowest BCUT2D eigenvalue weighted by Gasteiger charge is -2.44. The fourth-order valence-electron chi connectivity index (χ4n) is 7.22. The van der Waals surface area contributed by atoms with Gasteiger partial charge in [-0.05, 0) is 84.4 Å². The largest absolute Gasteiger partial charge is 0.0651 e. The van der Waals surface area contributed by atoms with E-state index < -0.39 is 0 Å². The van der Waals surface area contributed by atoms with Crippen molar-refractivity contribution in [2.45, 2.75) is 80.6 Å². The monoisotopic (exact) mass is 318 g/mol. The fraction of sp³-hybridized carbons (Fsp3) is 1.00. The van der Waals surface area contributed by atoms with Crippen LogP contribution < -0.4 is 0 Å². The first-order chi connectivity index (χ1) is 10.9. The van der Waals surface area contributed by atoms with E-state index in [-0.39, 0.29) is 0 Å². The van der Waals surface area contributed by atoms with E-state index in [1.165, 1.54) is 32.1 Å². The van der Waals surface area contributed by atoms with Crippen molar-refractivity contribution in [3.05, 3.63) is 0 Å². The molecular weight excluding hydrogens is 276 g/mol. The van der Waals surface area contributed by atoms with Crippen molar-refractivity contribution in [1.29, 1.82) is 0 Å². The van der Waals surface area contributed by atoms with E-state index >= 15 is 0 Å². The van der Waals surface area contributed by atoms with E-state index in [9.17, 15) is 0 Å². The minimum Gasteiger partial charge on any atom is -0.0651 e. The summed E-state index contributed by atoms with van der Waals surface area (Å²) in [5.74, 6) is 11.3. The summed E-state index contributed by atoms with van der Waals surface area (Å²) < 4.78 is 0. The SMILES string of the molecule is CCC1CC(C)C1CC(C)C1C(C)C1CC(C)C1C(C)C1CC. The summed E-state index contributed by atoms with van der Waals surface area (Å²) in [5, 5.41) is 0. The molecule has 0 aromatic heterocycles. The van der Waals surface area contributed by atoms with Crippen LogP contribution in [0.4, 0.5) is 0 Å². The van der Waals surface area contributed by atoms with Crippen molar-refractivity contribution in [2.24, 2.45) is 65.1 Å². The average Bonchev–Trinajstić information content (AvgIpc) is 3.37. The molecule has 11 unspecified atom stereocenters. The Labute approximate surface area is 146 Å². The zero-order valence-corrected chi connectivity index (χ0v) is 16.9. The molecule has 0 spiro atoms. The van der Waals surface area contributed by atoms with E-state index in [4.69, 9.17) is 0 Å². The maximum Gasteiger partial charge on any atom is -0.0329 e. The van der Waals surface area contributed by atoms with E-state index in [0.717, 1.165) is 65.1 Å². The molecule has 3 aliphatic rings. The second-order valence-electron chi connectivity index (χ2n) is 10.1. The molecule has 3 saturated carbocycles. The highest BCUT2D eigenvalue weighted by atomic mass is 14.6. The number of hydrogen-bond donors (Lipinski definition) is 0. The molecule has 0 amide bonds. The summed E-state index contributed by atoms with van der Waals surface area (Å²) in [4.78, 5) is 0. The Bertz CT molecular complexity index is 399. The van der Waals surface area contributed by atoms with Crippen molar-refractivity contribution >= 4 is 0 Å². The maximum atomic E-state index is 2.58. The Morgan fingerprint density at radius 1 is 0.739 bits per heavy atom. The third-order valence-corrected chi connectivity index (χ3v) is 8.88. The molecule has 0 aromatic carbocycles. The molecule has 3 fully saturated rings. The molecule has 0 aromatic rings. The fourth-order valence-corrected chi connectivity index (χ4v) is 7.22. The zero-order valence-electron chi connectivity index (χ0n) is 16.9. The summed E-state index contributed by atoms with van der Waals surface area (Å²) in [6, 6.07) is 0. The van der Waals surface area contributed by atoms with E-state index in [1.807, 2.05) is 0 Å². The van der Waals surface area contributed by atoms with E-state index in [1.54, 1.807) is 0 Å². The highest BCUT2D eigenvalue weighted by Gasteiger charge is 2.54. The van der Waals surface area contributed by atoms with Gasteiger partial charge < -0.3 is 0 Å². The summed E-state index contributed by atoms with van der Waals surface area (Å²) in [5.41, 5.74) is 0. The maximum absolute atomic E-state index is 2.58. The molecule has 0 aliphatic heterocycles. The van der Waals surface area contributed by atoms with Crippen LogP contribution in [0, 0.1) is 65.1 Å². The van der Waals surface area contributed by atoms with Crippen molar-refractivity contribution in [1.82, 2.24) is 0 Å². The van der Waals surface area contributed by atoms with Crippen LogP contribution in [0.5, 0.6) is 0 Å². The molecule has 0 heterocycles. The molecule has 0 bridgehead atoms. The third-order valence-electron chi connectivity index (χ3n) is 8.88. The van der Waals surface area contributed by atoms with Gasteiger partial charge in [-0.2, -0.15) is 0 Å². The molecule has 0 N–H and O–H groups in total. The highest BCUT2D eigenvalue weighted by molar-refractivity contribution is 5.02. The predicted octanol–water partition coefficient (Wildman–Crippen LogP) is 6.90. The van der Waals surface area contributed by atoms with Gasteiger partial charge in [0.1, 0.15) is 0 Å². The molecule has 0 heteroatoms. The molecule has 3 rings (SSSR count). The smallest absolute Gasteiger partial charge is 0.0329 e. The van der Waals surface area contributed by atoms with Crippen molar-refractivity contribution in [3.63, 3.8) is 0 Å². The average molecular weight is 319 g/mol. The second kappa shape index (κ2) is 6.72. The molecule has 134 valence electrons. The van der Waals surface area contributed by atoms with Gasteiger partial charge in [-0.25, -0.2) is 0 Å². The molecule has 0 nitrogen and oxygen atoms in total. The normalized spacial score (nSPS) is 51.0. The van der Waals surface area contributed by atoms with Gasteiger partial charge in [0, 0.05) is 0 Å². The van der Waals surface area contributed by atoms with Gasteiger partial charge in [0.2, 0.25) is 0 Å². The summed E-state index contributed by atoms with van der Waals surface area (Å²) >= 11 is 0.